The minimum atomic E-state index is -4.25. The number of methoxy groups -OCH3 is 1. The van der Waals surface area contributed by atoms with Gasteiger partial charge in [0, 0.05) is 18.7 Å². The summed E-state index contributed by atoms with van der Waals surface area (Å²) in [6.07, 6.45) is -3.37. The first-order valence-electron chi connectivity index (χ1n) is 17.8. The summed E-state index contributed by atoms with van der Waals surface area (Å²) in [6, 6.07) is 13.7. The Balaban J connectivity index is 1.72. The quantitative estimate of drug-likeness (QED) is 0.111. The van der Waals surface area contributed by atoms with E-state index in [1.54, 1.807) is 24.3 Å². The molecule has 60 heavy (non-hydrogen) atoms. The Labute approximate surface area is 345 Å². The maximum absolute atomic E-state index is 14.9. The molecule has 21 heteroatoms. The van der Waals surface area contributed by atoms with E-state index in [1.807, 2.05) is 0 Å². The lowest BCUT2D eigenvalue weighted by molar-refractivity contribution is 0.123. The van der Waals surface area contributed by atoms with E-state index in [2.05, 4.69) is 15.4 Å². The molecule has 0 saturated carbocycles. The predicted molar refractivity (Wildman–Crippen MR) is 217 cm³/mol. The number of nitrogens with zero attached hydrogens (tertiary/aromatic N) is 5. The highest BCUT2D eigenvalue weighted by Crippen LogP contribution is 2.39. The molecule has 6 rings (SSSR count). The minimum Gasteiger partial charge on any atom is -0.497 e. The Bertz CT molecular complexity index is 2930. The lowest BCUT2D eigenvalue weighted by Crippen LogP contribution is -2.35. The topological polar surface area (TPSA) is 183 Å². The molecular weight excluding hydrogens is 856 g/mol. The van der Waals surface area contributed by atoms with Crippen molar-refractivity contribution in [2.45, 2.75) is 50.6 Å². The Morgan fingerprint density at radius 3 is 2.18 bits per heavy atom. The van der Waals surface area contributed by atoms with Gasteiger partial charge in [-0.1, -0.05) is 29.8 Å². The molecule has 6 aromatic rings. The standard InChI is InChI=1S/C39H37ClF4N6O8S2/c1-39(2,59(4,54)55)23-8-11-27-29(17-23)45-35(30(46-38(52)53)16-22-14-24(41)18-25(42)15-22)50(37(27)51)31-13-12-28(40)33-34(31)48(20-32(43)44)47-36(33)49(60(5,56)57)19-21-6-9-26(58-3)10-7-21/h6-15,17-18,30,32,46H,16,19-20H2,1-5H3,(H,52,53). The van der Waals surface area contributed by atoms with Crippen molar-refractivity contribution in [3.05, 3.63) is 122 Å². The van der Waals surface area contributed by atoms with Crippen LogP contribution in [0.1, 0.15) is 42.4 Å². The molecule has 1 amide bonds. The fourth-order valence-corrected chi connectivity index (χ4v) is 8.30. The number of hydrogen-bond donors (Lipinski definition) is 2. The number of fused-ring (bicyclic) bond motifs is 2. The van der Waals surface area contributed by atoms with Crippen LogP contribution in [0.4, 0.5) is 28.2 Å². The highest BCUT2D eigenvalue weighted by atomic mass is 35.5. The molecule has 4 aromatic carbocycles. The zero-order chi connectivity index (χ0) is 44.1. The summed E-state index contributed by atoms with van der Waals surface area (Å²) in [5, 5.41) is 16.1. The molecule has 2 N–H and O–H groups in total. The number of sulfone groups is 1. The number of alkyl halides is 2. The summed E-state index contributed by atoms with van der Waals surface area (Å²) >= 11 is 6.76. The fourth-order valence-electron chi connectivity index (χ4n) is 6.69. The van der Waals surface area contributed by atoms with Gasteiger partial charge in [-0.2, -0.15) is 5.10 Å². The largest absolute Gasteiger partial charge is 0.497 e. The highest BCUT2D eigenvalue weighted by Gasteiger charge is 2.34. The molecule has 0 bridgehead atoms. The lowest BCUT2D eigenvalue weighted by Gasteiger charge is -2.25. The molecule has 0 aliphatic rings. The van der Waals surface area contributed by atoms with Crippen molar-refractivity contribution in [3.8, 4) is 11.4 Å². The third kappa shape index (κ3) is 8.76. The number of hydrogen-bond acceptors (Lipinski definition) is 9. The van der Waals surface area contributed by atoms with Gasteiger partial charge in [0.15, 0.2) is 15.7 Å². The number of ether oxygens (including phenoxy) is 1. The number of aromatic nitrogens is 4. The van der Waals surface area contributed by atoms with Crippen LogP contribution in [0, 0.1) is 11.6 Å². The molecule has 1 unspecified atom stereocenters. The van der Waals surface area contributed by atoms with Gasteiger partial charge in [-0.05, 0) is 79.1 Å². The molecule has 2 heterocycles. The van der Waals surface area contributed by atoms with Crippen LogP contribution in [0.25, 0.3) is 27.5 Å². The SMILES string of the molecule is COc1ccc(CN(c2nn(CC(F)F)c3c(-n4c(C(Cc5cc(F)cc(F)c5)NC(=O)O)nc5cc(C(C)(C)S(C)(=O)=O)ccc5c4=O)ccc(Cl)c23)S(C)(=O)=O)cc1. The van der Waals surface area contributed by atoms with Crippen molar-refractivity contribution >= 4 is 65.2 Å². The number of amides is 1. The second kappa shape index (κ2) is 16.4. The first kappa shape index (κ1) is 43.8. The molecule has 0 aliphatic carbocycles. The maximum atomic E-state index is 14.9. The summed E-state index contributed by atoms with van der Waals surface area (Å²) in [5.41, 5.74) is -1.01. The number of benzene rings is 4. The van der Waals surface area contributed by atoms with Crippen molar-refractivity contribution in [1.29, 1.82) is 0 Å². The van der Waals surface area contributed by atoms with E-state index in [1.165, 1.54) is 51.3 Å². The van der Waals surface area contributed by atoms with Gasteiger partial charge in [0.2, 0.25) is 10.0 Å². The molecule has 14 nitrogen and oxygen atoms in total. The van der Waals surface area contributed by atoms with Gasteiger partial charge in [-0.25, -0.2) is 48.5 Å². The van der Waals surface area contributed by atoms with Crippen molar-refractivity contribution in [1.82, 2.24) is 24.6 Å². The van der Waals surface area contributed by atoms with Crippen molar-refractivity contribution in [2.75, 3.05) is 23.9 Å². The molecule has 0 aliphatic heterocycles. The number of sulfonamides is 1. The van der Waals surface area contributed by atoms with Gasteiger partial charge < -0.3 is 15.2 Å². The Kier molecular flexibility index (Phi) is 12.0. The number of rotatable bonds is 14. The van der Waals surface area contributed by atoms with Crippen molar-refractivity contribution < 1.29 is 49.0 Å². The van der Waals surface area contributed by atoms with E-state index in [0.29, 0.717) is 17.4 Å². The van der Waals surface area contributed by atoms with E-state index in [9.17, 15) is 49.1 Å². The van der Waals surface area contributed by atoms with Crippen molar-refractivity contribution in [2.24, 2.45) is 0 Å². The summed E-state index contributed by atoms with van der Waals surface area (Å²) in [4.78, 5) is 31.9. The molecule has 1 atom stereocenters. The van der Waals surface area contributed by atoms with Crippen LogP contribution >= 0.6 is 11.6 Å². The van der Waals surface area contributed by atoms with E-state index in [4.69, 9.17) is 16.3 Å². The summed E-state index contributed by atoms with van der Waals surface area (Å²) in [7, 11) is -6.58. The molecule has 0 spiro atoms. The molecular formula is C39H37ClF4N6O8S2. The van der Waals surface area contributed by atoms with E-state index in [0.717, 1.165) is 38.2 Å². The smallest absolute Gasteiger partial charge is 0.405 e. The maximum Gasteiger partial charge on any atom is 0.405 e. The van der Waals surface area contributed by atoms with Gasteiger partial charge in [-0.3, -0.25) is 14.0 Å². The lowest BCUT2D eigenvalue weighted by atomic mass is 10.00. The number of carboxylic acid groups (broad SMARTS) is 1. The molecule has 0 saturated heterocycles. The van der Waals surface area contributed by atoms with Gasteiger partial charge >= 0.3 is 6.09 Å². The minimum absolute atomic E-state index is 0.0762. The molecule has 318 valence electrons. The number of anilines is 1. The van der Waals surface area contributed by atoms with Gasteiger partial charge in [0.1, 0.15) is 29.8 Å². The second-order valence-electron chi connectivity index (χ2n) is 14.4. The molecule has 0 fully saturated rings. The van der Waals surface area contributed by atoms with Crippen LogP contribution in [-0.4, -0.2) is 73.4 Å². The van der Waals surface area contributed by atoms with Gasteiger partial charge in [-0.15, -0.1) is 0 Å². The molecule has 2 aromatic heterocycles. The second-order valence-corrected chi connectivity index (χ2v) is 19.3. The number of carbonyl (C=O) groups is 1. The monoisotopic (exact) mass is 892 g/mol. The number of nitrogens with one attached hydrogen (secondary N) is 1. The highest BCUT2D eigenvalue weighted by molar-refractivity contribution is 7.92. The molecule has 0 radical (unpaired) electrons. The van der Waals surface area contributed by atoms with Crippen LogP contribution in [0.3, 0.4) is 0 Å². The fraction of sp³-hybridized carbons (Fsp3) is 0.282. The van der Waals surface area contributed by atoms with Crippen LogP contribution in [0.15, 0.2) is 77.6 Å². The van der Waals surface area contributed by atoms with E-state index in [-0.39, 0.29) is 56.0 Å². The third-order valence-electron chi connectivity index (χ3n) is 9.97. The van der Waals surface area contributed by atoms with E-state index >= 15 is 0 Å². The average Bonchev–Trinajstić information content (AvgIpc) is 3.51. The van der Waals surface area contributed by atoms with Crippen LogP contribution < -0.4 is 19.9 Å². The van der Waals surface area contributed by atoms with Gasteiger partial charge in [0.25, 0.3) is 12.0 Å². The Morgan fingerprint density at radius 1 is 0.967 bits per heavy atom. The summed E-state index contributed by atoms with van der Waals surface area (Å²) in [5.74, 6) is -2.33. The number of halogens is 5. The Morgan fingerprint density at radius 2 is 1.62 bits per heavy atom. The normalized spacial score (nSPS) is 12.9. The van der Waals surface area contributed by atoms with Crippen LogP contribution in [0.5, 0.6) is 5.75 Å². The van der Waals surface area contributed by atoms with Crippen LogP contribution in [-0.2, 0) is 44.1 Å². The predicted octanol–water partition coefficient (Wildman–Crippen LogP) is 6.74. The van der Waals surface area contributed by atoms with Crippen LogP contribution in [0.2, 0.25) is 5.02 Å². The zero-order valence-electron chi connectivity index (χ0n) is 32.5. The Hall–Kier alpha value is -5.73. The first-order chi connectivity index (χ1) is 28.0. The zero-order valence-corrected chi connectivity index (χ0v) is 34.8. The van der Waals surface area contributed by atoms with Gasteiger partial charge in [0.05, 0.1) is 63.2 Å². The summed E-state index contributed by atoms with van der Waals surface area (Å²) < 4.78 is 116. The average molecular weight is 893 g/mol. The van der Waals surface area contributed by atoms with E-state index < -0.39 is 79.2 Å². The first-order valence-corrected chi connectivity index (χ1v) is 21.9. The van der Waals surface area contributed by atoms with Crippen molar-refractivity contribution in [3.63, 3.8) is 0 Å². The third-order valence-corrected chi connectivity index (χ3v) is 13.5. The summed E-state index contributed by atoms with van der Waals surface area (Å²) in [6.45, 7) is 1.37.